The Morgan fingerprint density at radius 3 is 2.75 bits per heavy atom. The topological polar surface area (TPSA) is 59.4 Å². The molecule has 2 rings (SSSR count). The van der Waals surface area contributed by atoms with Gasteiger partial charge in [0.2, 0.25) is 5.60 Å². The van der Waals surface area contributed by atoms with E-state index < -0.39 is 11.6 Å². The van der Waals surface area contributed by atoms with E-state index in [9.17, 15) is 4.79 Å². The van der Waals surface area contributed by atoms with Crippen LogP contribution in [0, 0.1) is 6.92 Å². The predicted octanol–water partition coefficient (Wildman–Crippen LogP) is 1.95. The zero-order valence-electron chi connectivity index (χ0n) is 9.49. The highest BCUT2D eigenvalue weighted by molar-refractivity contribution is 5.81. The van der Waals surface area contributed by atoms with Crippen molar-refractivity contribution in [3.8, 4) is 5.75 Å². The molecule has 0 aliphatic heterocycles. The fourth-order valence-electron chi connectivity index (χ4n) is 1.63. The molecule has 0 spiro atoms. The van der Waals surface area contributed by atoms with Crippen molar-refractivity contribution >= 4 is 5.97 Å². The molecule has 1 N–H and O–H groups in total. The second-order valence-corrected chi connectivity index (χ2v) is 4.15. The Bertz CT molecular complexity index is 424. The molecule has 1 aliphatic rings. The lowest BCUT2D eigenvalue weighted by Crippen LogP contribution is -2.29. The van der Waals surface area contributed by atoms with Crippen LogP contribution in [-0.2, 0) is 11.2 Å². The van der Waals surface area contributed by atoms with Gasteiger partial charge in [-0.05, 0) is 25.5 Å². The van der Waals surface area contributed by atoms with E-state index in [0.29, 0.717) is 18.6 Å². The van der Waals surface area contributed by atoms with Crippen LogP contribution in [0.4, 0.5) is 0 Å². The molecule has 1 saturated carbocycles. The van der Waals surface area contributed by atoms with Gasteiger partial charge in [0.1, 0.15) is 5.75 Å². The average Bonchev–Trinajstić information content (AvgIpc) is 3.02. The summed E-state index contributed by atoms with van der Waals surface area (Å²) in [5.41, 5.74) is 0.762. The molecule has 4 nitrogen and oxygen atoms in total. The molecule has 0 unspecified atom stereocenters. The maximum Gasteiger partial charge on any atom is 0.348 e. The molecule has 0 atom stereocenters. The second kappa shape index (κ2) is 3.77. The van der Waals surface area contributed by atoms with Crippen LogP contribution in [0.5, 0.6) is 5.75 Å². The van der Waals surface area contributed by atoms with Crippen LogP contribution in [0.3, 0.4) is 0 Å². The molecular weight excluding hydrogens is 206 g/mol. The van der Waals surface area contributed by atoms with Crippen molar-refractivity contribution in [2.24, 2.45) is 0 Å². The molecule has 0 radical (unpaired) electrons. The van der Waals surface area contributed by atoms with Gasteiger partial charge < -0.3 is 9.84 Å². The van der Waals surface area contributed by atoms with Crippen LogP contribution in [0.25, 0.3) is 0 Å². The molecule has 16 heavy (non-hydrogen) atoms. The summed E-state index contributed by atoms with van der Waals surface area (Å²) in [6, 6.07) is 3.65. The van der Waals surface area contributed by atoms with E-state index >= 15 is 0 Å². The zero-order chi connectivity index (χ0) is 11.8. The highest BCUT2D eigenvalue weighted by Gasteiger charge is 2.53. The van der Waals surface area contributed by atoms with Gasteiger partial charge in [0, 0.05) is 18.5 Å². The standard InChI is InChI=1S/C12H15NO3/c1-3-9-10(5-4-8(2)13-9)16-12(6-7-12)11(14)15/h4-5H,3,6-7H2,1-2H3,(H,14,15). The van der Waals surface area contributed by atoms with Crippen LogP contribution in [0.1, 0.15) is 31.2 Å². The van der Waals surface area contributed by atoms with Crippen LogP contribution in [0.2, 0.25) is 0 Å². The van der Waals surface area contributed by atoms with E-state index in [-0.39, 0.29) is 0 Å². The third-order valence-electron chi connectivity index (χ3n) is 2.81. The number of aliphatic carboxylic acids is 1. The van der Waals surface area contributed by atoms with Gasteiger partial charge in [-0.15, -0.1) is 0 Å². The molecule has 1 aromatic heterocycles. The molecule has 4 heteroatoms. The van der Waals surface area contributed by atoms with Gasteiger partial charge in [-0.3, -0.25) is 4.98 Å². The first kappa shape index (κ1) is 10.9. The number of rotatable bonds is 4. The fraction of sp³-hybridized carbons (Fsp3) is 0.500. The van der Waals surface area contributed by atoms with Gasteiger partial charge in [0.05, 0.1) is 5.69 Å². The Hall–Kier alpha value is -1.58. The number of aromatic nitrogens is 1. The Morgan fingerprint density at radius 2 is 2.25 bits per heavy atom. The van der Waals surface area contributed by atoms with E-state index in [2.05, 4.69) is 4.98 Å². The van der Waals surface area contributed by atoms with E-state index in [1.165, 1.54) is 0 Å². The van der Waals surface area contributed by atoms with Crippen LogP contribution < -0.4 is 4.74 Å². The van der Waals surface area contributed by atoms with Crippen molar-refractivity contribution in [2.75, 3.05) is 0 Å². The summed E-state index contributed by atoms with van der Waals surface area (Å²) in [7, 11) is 0. The Kier molecular flexibility index (Phi) is 2.58. The first-order valence-electron chi connectivity index (χ1n) is 5.46. The van der Waals surface area contributed by atoms with Gasteiger partial charge in [-0.1, -0.05) is 6.92 Å². The minimum Gasteiger partial charge on any atom is -0.478 e. The molecule has 1 aromatic rings. The molecule has 0 aromatic carbocycles. The summed E-state index contributed by atoms with van der Waals surface area (Å²) in [6.07, 6.45) is 1.91. The van der Waals surface area contributed by atoms with Gasteiger partial charge in [-0.2, -0.15) is 0 Å². The van der Waals surface area contributed by atoms with Crippen LogP contribution in [-0.4, -0.2) is 21.7 Å². The second-order valence-electron chi connectivity index (χ2n) is 4.15. The molecule has 1 aliphatic carbocycles. The first-order valence-corrected chi connectivity index (χ1v) is 5.46. The predicted molar refractivity (Wildman–Crippen MR) is 58.6 cm³/mol. The first-order chi connectivity index (χ1) is 7.57. The number of aryl methyl sites for hydroxylation is 2. The van der Waals surface area contributed by atoms with Gasteiger partial charge in [0.25, 0.3) is 0 Å². The van der Waals surface area contributed by atoms with Crippen LogP contribution >= 0.6 is 0 Å². The number of ether oxygens (including phenoxy) is 1. The number of hydrogen-bond donors (Lipinski definition) is 1. The SMILES string of the molecule is CCc1nc(C)ccc1OC1(C(=O)O)CC1. The number of carbonyl (C=O) groups is 1. The lowest BCUT2D eigenvalue weighted by atomic mass is 10.2. The fourth-order valence-corrected chi connectivity index (χ4v) is 1.63. The normalized spacial score (nSPS) is 16.9. The summed E-state index contributed by atoms with van der Waals surface area (Å²) in [5, 5.41) is 9.04. The third kappa shape index (κ3) is 1.87. The quantitative estimate of drug-likeness (QED) is 0.844. The number of carboxylic acid groups (broad SMARTS) is 1. The van der Waals surface area contributed by atoms with Gasteiger partial charge in [-0.25, -0.2) is 4.79 Å². The monoisotopic (exact) mass is 221 g/mol. The zero-order valence-corrected chi connectivity index (χ0v) is 9.49. The molecule has 0 saturated heterocycles. The van der Waals surface area contributed by atoms with Crippen molar-refractivity contribution in [1.82, 2.24) is 4.98 Å². The van der Waals surface area contributed by atoms with E-state index in [1.54, 1.807) is 0 Å². The Balaban J connectivity index is 2.25. The number of pyridine rings is 1. The van der Waals surface area contributed by atoms with Crippen molar-refractivity contribution in [3.63, 3.8) is 0 Å². The largest absolute Gasteiger partial charge is 0.478 e. The minimum atomic E-state index is -0.985. The van der Waals surface area contributed by atoms with E-state index in [4.69, 9.17) is 9.84 Å². The summed E-state index contributed by atoms with van der Waals surface area (Å²) >= 11 is 0. The molecular formula is C12H15NO3. The third-order valence-corrected chi connectivity index (χ3v) is 2.81. The van der Waals surface area contributed by atoms with Gasteiger partial charge in [0.15, 0.2) is 0 Å². The van der Waals surface area contributed by atoms with Crippen molar-refractivity contribution in [1.29, 1.82) is 0 Å². The average molecular weight is 221 g/mol. The number of hydrogen-bond acceptors (Lipinski definition) is 3. The number of nitrogens with zero attached hydrogens (tertiary/aromatic N) is 1. The summed E-state index contributed by atoms with van der Waals surface area (Å²) < 4.78 is 5.59. The summed E-state index contributed by atoms with van der Waals surface area (Å²) in [5.74, 6) is -0.275. The van der Waals surface area contributed by atoms with Gasteiger partial charge >= 0.3 is 5.97 Å². The molecule has 86 valence electrons. The maximum absolute atomic E-state index is 11.0. The van der Waals surface area contributed by atoms with Crippen LogP contribution in [0.15, 0.2) is 12.1 Å². The summed E-state index contributed by atoms with van der Waals surface area (Å²) in [4.78, 5) is 15.4. The van der Waals surface area contributed by atoms with E-state index in [0.717, 1.165) is 17.8 Å². The number of carboxylic acids is 1. The highest BCUT2D eigenvalue weighted by atomic mass is 16.5. The maximum atomic E-state index is 11.0. The molecule has 1 heterocycles. The highest BCUT2D eigenvalue weighted by Crippen LogP contribution is 2.41. The lowest BCUT2D eigenvalue weighted by molar-refractivity contribution is -0.147. The molecule has 0 amide bonds. The Morgan fingerprint density at radius 1 is 1.56 bits per heavy atom. The Labute approximate surface area is 94.3 Å². The smallest absolute Gasteiger partial charge is 0.348 e. The van der Waals surface area contributed by atoms with Crippen molar-refractivity contribution in [2.45, 2.75) is 38.7 Å². The molecule has 0 bridgehead atoms. The van der Waals surface area contributed by atoms with Crippen molar-refractivity contribution < 1.29 is 14.6 Å². The molecule has 1 fully saturated rings. The summed E-state index contributed by atoms with van der Waals surface area (Å²) in [6.45, 7) is 3.89. The van der Waals surface area contributed by atoms with E-state index in [1.807, 2.05) is 26.0 Å². The minimum absolute atomic E-state index is 0.583. The lowest BCUT2D eigenvalue weighted by Gasteiger charge is -2.15. The van der Waals surface area contributed by atoms with Crippen molar-refractivity contribution in [3.05, 3.63) is 23.5 Å².